The number of hydrogen-bond acceptors (Lipinski definition) is 17. The third kappa shape index (κ3) is 22.0. The molecule has 27 nitrogen and oxygen atoms in total. The maximum atomic E-state index is 12.3. The van der Waals surface area contributed by atoms with Gasteiger partial charge in [-0.15, -0.1) is 0 Å². The van der Waals surface area contributed by atoms with Gasteiger partial charge in [0.15, 0.2) is 22.4 Å². The van der Waals surface area contributed by atoms with Crippen molar-refractivity contribution >= 4 is 42.2 Å². The first-order chi connectivity index (χ1) is 54.7. The molecule has 0 aliphatic carbocycles. The van der Waals surface area contributed by atoms with Crippen molar-refractivity contribution in [1.82, 2.24) is 37.9 Å². The van der Waals surface area contributed by atoms with Crippen LogP contribution in [0.25, 0.3) is 22.7 Å². The minimum atomic E-state index is -0.833. The molecule has 8 aliphatic heterocycles. The topological polar surface area (TPSA) is 305 Å². The summed E-state index contributed by atoms with van der Waals surface area (Å²) in [5.74, 6) is 2.19. The van der Waals surface area contributed by atoms with Crippen LogP contribution in [-0.2, 0) is 60.5 Å². The Hall–Kier alpha value is -11.8. The van der Waals surface area contributed by atoms with Gasteiger partial charge in [-0.25, -0.2) is 19.2 Å². The Morgan fingerprint density at radius 2 is 0.534 bits per heavy atom. The number of carbonyl (C=O) groups excluding carboxylic acids is 6. The molecule has 8 aliphatic rings. The highest BCUT2D eigenvalue weighted by molar-refractivity contribution is 5.71. The Morgan fingerprint density at radius 3 is 0.690 bits per heavy atom. The lowest BCUT2D eigenvalue weighted by atomic mass is 9.86. The molecule has 12 heterocycles. The zero-order valence-corrected chi connectivity index (χ0v) is 70.1. The highest BCUT2D eigenvalue weighted by Gasteiger charge is 2.50. The van der Waals surface area contributed by atoms with E-state index in [1.165, 1.54) is 27.9 Å². The van der Waals surface area contributed by atoms with Crippen molar-refractivity contribution in [2.75, 3.05) is 59.5 Å². The maximum Gasteiger partial charge on any atom is 0.410 e. The van der Waals surface area contributed by atoms with Gasteiger partial charge in [0.25, 0.3) is 5.97 Å². The van der Waals surface area contributed by atoms with E-state index in [0.717, 1.165) is 127 Å². The molecule has 27 heteroatoms. The Morgan fingerprint density at radius 1 is 0.371 bits per heavy atom. The summed E-state index contributed by atoms with van der Waals surface area (Å²) >= 11 is 0. The zero-order valence-electron chi connectivity index (χ0n) is 70.1. The zero-order chi connectivity index (χ0) is 84.8. The number of aromatic nitrogens is 4. The van der Waals surface area contributed by atoms with E-state index >= 15 is 0 Å². The van der Waals surface area contributed by atoms with Crippen LogP contribution in [0.5, 0.6) is 23.0 Å². The Balaban J connectivity index is 0.000000166. The van der Waals surface area contributed by atoms with Crippen molar-refractivity contribution in [3.05, 3.63) is 193 Å². The molecular formula is C89H114N10O17. The summed E-state index contributed by atoms with van der Waals surface area (Å²) in [6.07, 6.45) is 13.4. The van der Waals surface area contributed by atoms with Crippen molar-refractivity contribution < 1.29 is 81.3 Å². The summed E-state index contributed by atoms with van der Waals surface area (Å²) in [4.78, 5) is 84.3. The van der Waals surface area contributed by atoms with Crippen molar-refractivity contribution in [1.29, 1.82) is 5.26 Å². The molecular weight excluding hydrogens is 1480 g/mol. The van der Waals surface area contributed by atoms with Crippen LogP contribution in [0.4, 0.5) is 19.2 Å². The number of carbonyl (C=O) groups is 7. The fraction of sp³-hybridized carbons (Fsp3) is 0.461. The van der Waals surface area contributed by atoms with E-state index in [4.69, 9.17) is 53.1 Å². The van der Waals surface area contributed by atoms with Crippen LogP contribution >= 0.6 is 0 Å². The number of nitrogens with two attached hydrogens (primary N) is 1. The van der Waals surface area contributed by atoms with Gasteiger partial charge in [-0.1, -0.05) is 48.5 Å². The minimum absolute atomic E-state index is 0.242. The normalized spacial score (nSPS) is 16.6. The third-order valence-corrected chi connectivity index (χ3v) is 19.8. The standard InChI is InChI=1S/4C20H24N2O3.C3H6O2.C2H5NO.C2H3N.C2H4O2/c4*1-19(2,3)25-18(23)21-13-10-20(11-14-21)17-9-6-12-22(17)15-7-4-5-8-16(15)24-20;1-3(4)5-2;1-2(3)4;1-2-3;1-2(3)4/h4*4-9,12H,10-11,13-14H2,1-3H3;1-2H3;1H3,(H2,3,4);1H3;1H3,(H,3,4). The second-order valence-corrected chi connectivity index (χ2v) is 33.2. The number of ether oxygens (including phenoxy) is 9. The van der Waals surface area contributed by atoms with Crippen molar-refractivity contribution in [3.8, 4) is 51.8 Å². The van der Waals surface area contributed by atoms with E-state index in [9.17, 15) is 28.8 Å². The maximum absolute atomic E-state index is 12.3. The van der Waals surface area contributed by atoms with Crippen LogP contribution < -0.4 is 24.7 Å². The van der Waals surface area contributed by atoms with E-state index in [-0.39, 0.29) is 58.7 Å². The number of para-hydroxylation sites is 8. The van der Waals surface area contributed by atoms with E-state index in [1.54, 1.807) is 25.7 Å². The Labute approximate surface area is 680 Å². The SMILES string of the molecule is CC#N.CC(=O)O.CC(C)(C)OC(=O)N1CCC2(CC1)Oc1ccccc1-n1cccc12.CC(C)(C)OC(=O)N1CCC2(CC1)Oc1ccccc1-n1cccc12.CC(C)(C)OC(=O)N1CCC2(CC1)Oc1ccccc1-n1cccc12.CC(C)(C)OC(=O)N1CCC2(CC1)Oc1ccccc1-n1cccc12.CC(N)=O.COC(C)=O. The largest absolute Gasteiger partial charge is 0.481 e. The van der Waals surface area contributed by atoms with E-state index in [0.29, 0.717) is 52.4 Å². The van der Waals surface area contributed by atoms with Gasteiger partial charge in [0.05, 0.1) is 58.7 Å². The summed E-state index contributed by atoms with van der Waals surface area (Å²) in [7, 11) is 1.35. The highest BCUT2D eigenvalue weighted by Crippen LogP contribution is 2.50. The molecule has 622 valence electrons. The number of likely N-dealkylation sites (tertiary alicyclic amines) is 4. The first-order valence-electron chi connectivity index (χ1n) is 39.2. The molecule has 116 heavy (non-hydrogen) atoms. The van der Waals surface area contributed by atoms with Crippen LogP contribution in [0.2, 0.25) is 0 Å². The summed E-state index contributed by atoms with van der Waals surface area (Å²) in [5.41, 5.74) is 10.0. The number of benzene rings is 4. The van der Waals surface area contributed by atoms with Crippen LogP contribution in [0, 0.1) is 11.3 Å². The van der Waals surface area contributed by atoms with E-state index < -0.39 is 28.4 Å². The lowest BCUT2D eigenvalue weighted by molar-refractivity contribution is -0.138. The molecule has 4 fully saturated rings. The number of esters is 1. The number of carboxylic acids is 1. The lowest BCUT2D eigenvalue weighted by Crippen LogP contribution is -2.50. The number of nitriles is 1. The number of amides is 5. The molecule has 0 unspecified atom stereocenters. The van der Waals surface area contributed by atoms with Gasteiger partial charge in [0.1, 0.15) is 45.4 Å². The van der Waals surface area contributed by atoms with Crippen LogP contribution in [0.1, 0.15) is 185 Å². The number of carboxylic acid groups (broad SMARTS) is 1. The van der Waals surface area contributed by atoms with Crippen LogP contribution in [0.15, 0.2) is 170 Å². The number of primary amides is 1. The summed E-state index contributed by atoms with van der Waals surface area (Å²) < 4.78 is 60.9. The highest BCUT2D eigenvalue weighted by atomic mass is 16.6. The van der Waals surface area contributed by atoms with Gasteiger partial charge in [0, 0.05) is 156 Å². The molecule has 5 amide bonds. The molecule has 4 aromatic carbocycles. The molecule has 4 aromatic heterocycles. The first-order valence-corrected chi connectivity index (χ1v) is 39.2. The van der Waals surface area contributed by atoms with Gasteiger partial charge in [0.2, 0.25) is 5.91 Å². The van der Waals surface area contributed by atoms with Crippen molar-refractivity contribution in [2.24, 2.45) is 5.73 Å². The predicted octanol–water partition coefficient (Wildman–Crippen LogP) is 16.7. The van der Waals surface area contributed by atoms with Crippen molar-refractivity contribution in [2.45, 2.75) is 207 Å². The van der Waals surface area contributed by atoms with Gasteiger partial charge in [-0.2, -0.15) is 5.26 Å². The molecule has 8 aromatic rings. The van der Waals surface area contributed by atoms with Crippen LogP contribution in [0.3, 0.4) is 0 Å². The number of piperidine rings is 4. The summed E-state index contributed by atoms with van der Waals surface area (Å²) in [6.45, 7) is 32.9. The third-order valence-electron chi connectivity index (χ3n) is 19.8. The molecule has 0 saturated carbocycles. The summed E-state index contributed by atoms with van der Waals surface area (Å²) in [6, 6.07) is 50.9. The lowest BCUT2D eigenvalue weighted by Gasteiger charge is -2.45. The van der Waals surface area contributed by atoms with Gasteiger partial charge >= 0.3 is 30.3 Å². The molecule has 0 radical (unpaired) electrons. The van der Waals surface area contributed by atoms with E-state index in [1.807, 2.05) is 156 Å². The second kappa shape index (κ2) is 36.8. The Kier molecular flexibility index (Phi) is 27.9. The number of fused-ring (bicyclic) bond motifs is 16. The smallest absolute Gasteiger partial charge is 0.410 e. The fourth-order valence-electron chi connectivity index (χ4n) is 14.8. The van der Waals surface area contributed by atoms with Gasteiger partial charge < -0.3 is 91.3 Å². The number of methoxy groups -OCH3 is 1. The second-order valence-electron chi connectivity index (χ2n) is 33.2. The number of aliphatic carboxylic acids is 1. The molecule has 4 spiro atoms. The van der Waals surface area contributed by atoms with Gasteiger partial charge in [-0.05, 0) is 180 Å². The monoisotopic (exact) mass is 1590 g/mol. The average Bonchev–Trinajstić information content (AvgIpc) is 1.11. The minimum Gasteiger partial charge on any atom is -0.481 e. The Bertz CT molecular complexity index is 4190. The van der Waals surface area contributed by atoms with Gasteiger partial charge in [-0.3, -0.25) is 14.4 Å². The first kappa shape index (κ1) is 88.1. The molecule has 4 saturated heterocycles. The quantitative estimate of drug-likeness (QED) is 0.105. The number of rotatable bonds is 0. The average molecular weight is 1600 g/mol. The fourth-order valence-corrected chi connectivity index (χ4v) is 14.8. The molecule has 16 rings (SSSR count). The number of hydrogen-bond donors (Lipinski definition) is 2. The molecule has 0 bridgehead atoms. The summed E-state index contributed by atoms with van der Waals surface area (Å²) in [5, 5.41) is 14.7. The van der Waals surface area contributed by atoms with E-state index in [2.05, 4.69) is 126 Å². The predicted molar refractivity (Wildman–Crippen MR) is 438 cm³/mol. The molecule has 0 atom stereocenters. The van der Waals surface area contributed by atoms with Crippen LogP contribution in [-0.4, -0.2) is 167 Å². The number of nitrogens with zero attached hydrogens (tertiary/aromatic N) is 9. The molecule has 3 N–H and O–H groups in total. The van der Waals surface area contributed by atoms with Crippen molar-refractivity contribution in [3.63, 3.8) is 0 Å².